The van der Waals surface area contributed by atoms with E-state index in [1.54, 1.807) is 12.1 Å². The summed E-state index contributed by atoms with van der Waals surface area (Å²) in [6, 6.07) is 3.08. The van der Waals surface area contributed by atoms with Gasteiger partial charge in [-0.2, -0.15) is 0 Å². The molecular formula is C22H28N6O7. The van der Waals surface area contributed by atoms with Gasteiger partial charge in [0.05, 0.1) is 38.4 Å². The molecule has 0 bridgehead atoms. The Labute approximate surface area is 199 Å². The van der Waals surface area contributed by atoms with Gasteiger partial charge in [-0.1, -0.05) is 0 Å². The lowest BCUT2D eigenvalue weighted by atomic mass is 9.85. The van der Waals surface area contributed by atoms with E-state index in [-0.39, 0.29) is 40.0 Å². The number of methoxy groups -OCH3 is 3. The van der Waals surface area contributed by atoms with Crippen molar-refractivity contribution in [2.75, 3.05) is 32.8 Å². The second kappa shape index (κ2) is 9.08. The van der Waals surface area contributed by atoms with Gasteiger partial charge in [-0.05, 0) is 17.7 Å². The number of benzene rings is 1. The third-order valence-electron chi connectivity index (χ3n) is 6.09. The van der Waals surface area contributed by atoms with Crippen LogP contribution in [0.5, 0.6) is 17.2 Å². The second-order valence-electron chi connectivity index (χ2n) is 7.90. The number of nitrogens with zero attached hydrogens (tertiary/aromatic N) is 4. The van der Waals surface area contributed by atoms with Crippen LogP contribution in [0, 0.1) is 0 Å². The Morgan fingerprint density at radius 2 is 1.03 bits per heavy atom. The normalized spacial score (nSPS) is 11.1. The molecular weight excluding hydrogens is 460 g/mol. The molecule has 1 aromatic carbocycles. The minimum absolute atomic E-state index is 0.0914. The SMILES string of the molecule is COc1cc(C(c2c(N)n(C)c(=O)n(C)c2=O)c2c(N)n(C)c(=O)n(C)c2=O)cc(OC)c1OC. The highest BCUT2D eigenvalue weighted by atomic mass is 16.5. The lowest BCUT2D eigenvalue weighted by Gasteiger charge is -2.24. The number of hydrogen-bond acceptors (Lipinski definition) is 9. The van der Waals surface area contributed by atoms with Crippen LogP contribution in [0.2, 0.25) is 0 Å². The van der Waals surface area contributed by atoms with E-state index in [0.717, 1.165) is 18.3 Å². The molecule has 0 aliphatic heterocycles. The molecule has 35 heavy (non-hydrogen) atoms. The number of nitrogens with two attached hydrogens (primary N) is 2. The van der Waals surface area contributed by atoms with Gasteiger partial charge in [-0.15, -0.1) is 0 Å². The maximum Gasteiger partial charge on any atom is 0.332 e. The lowest BCUT2D eigenvalue weighted by Crippen LogP contribution is -2.44. The quantitative estimate of drug-likeness (QED) is 0.435. The molecule has 0 amide bonds. The Bertz CT molecular complexity index is 1450. The molecule has 0 saturated heterocycles. The maximum atomic E-state index is 13.4. The van der Waals surface area contributed by atoms with Crippen LogP contribution in [0.25, 0.3) is 0 Å². The lowest BCUT2D eigenvalue weighted by molar-refractivity contribution is 0.323. The van der Waals surface area contributed by atoms with Gasteiger partial charge in [0.1, 0.15) is 11.6 Å². The molecule has 2 heterocycles. The van der Waals surface area contributed by atoms with Crippen LogP contribution in [0.4, 0.5) is 11.6 Å². The fourth-order valence-corrected chi connectivity index (χ4v) is 4.06. The van der Waals surface area contributed by atoms with Crippen molar-refractivity contribution in [3.8, 4) is 17.2 Å². The van der Waals surface area contributed by atoms with E-state index in [1.807, 2.05) is 0 Å². The van der Waals surface area contributed by atoms with E-state index < -0.39 is 28.4 Å². The van der Waals surface area contributed by atoms with Crippen molar-refractivity contribution in [3.05, 3.63) is 70.5 Å². The first kappa shape index (κ1) is 25.2. The summed E-state index contributed by atoms with van der Waals surface area (Å²) in [7, 11) is 9.64. The van der Waals surface area contributed by atoms with E-state index in [9.17, 15) is 19.2 Å². The van der Waals surface area contributed by atoms with Gasteiger partial charge in [0.25, 0.3) is 11.1 Å². The van der Waals surface area contributed by atoms with Crippen LogP contribution < -0.4 is 48.2 Å². The van der Waals surface area contributed by atoms with Crippen LogP contribution in [0.3, 0.4) is 0 Å². The van der Waals surface area contributed by atoms with Crippen LogP contribution in [-0.4, -0.2) is 39.6 Å². The molecule has 13 nitrogen and oxygen atoms in total. The molecule has 188 valence electrons. The minimum Gasteiger partial charge on any atom is -0.493 e. The van der Waals surface area contributed by atoms with Crippen molar-refractivity contribution in [3.63, 3.8) is 0 Å². The Hall–Kier alpha value is -4.42. The van der Waals surface area contributed by atoms with E-state index in [4.69, 9.17) is 25.7 Å². The summed E-state index contributed by atoms with van der Waals surface area (Å²) in [5.74, 6) is -0.793. The first-order valence-corrected chi connectivity index (χ1v) is 10.3. The van der Waals surface area contributed by atoms with Crippen molar-refractivity contribution >= 4 is 11.6 Å². The number of nitrogen functional groups attached to an aromatic ring is 2. The summed E-state index contributed by atoms with van der Waals surface area (Å²) in [6.45, 7) is 0. The molecule has 0 unspecified atom stereocenters. The third kappa shape index (κ3) is 3.74. The van der Waals surface area contributed by atoms with Gasteiger partial charge in [0.2, 0.25) is 5.75 Å². The average Bonchev–Trinajstić information content (AvgIpc) is 2.86. The molecule has 0 fully saturated rings. The molecule has 2 aromatic heterocycles. The second-order valence-corrected chi connectivity index (χ2v) is 7.90. The fourth-order valence-electron chi connectivity index (χ4n) is 4.06. The van der Waals surface area contributed by atoms with Crippen LogP contribution >= 0.6 is 0 Å². The van der Waals surface area contributed by atoms with E-state index in [0.29, 0.717) is 5.56 Å². The van der Waals surface area contributed by atoms with Gasteiger partial charge in [0, 0.05) is 28.2 Å². The zero-order valence-corrected chi connectivity index (χ0v) is 20.5. The molecule has 0 saturated carbocycles. The van der Waals surface area contributed by atoms with Crippen LogP contribution in [0.1, 0.15) is 22.6 Å². The summed E-state index contributed by atoms with van der Waals surface area (Å²) in [5, 5.41) is 0. The first-order valence-electron chi connectivity index (χ1n) is 10.3. The number of rotatable bonds is 6. The molecule has 13 heteroatoms. The zero-order valence-electron chi connectivity index (χ0n) is 20.5. The Morgan fingerprint density at radius 3 is 1.34 bits per heavy atom. The maximum absolute atomic E-state index is 13.4. The fraction of sp³-hybridized carbons (Fsp3) is 0.364. The van der Waals surface area contributed by atoms with E-state index in [2.05, 4.69) is 0 Å². The Kier molecular flexibility index (Phi) is 6.54. The van der Waals surface area contributed by atoms with Crippen molar-refractivity contribution in [1.29, 1.82) is 0 Å². The summed E-state index contributed by atoms with van der Waals surface area (Å²) in [4.78, 5) is 51.8. The Morgan fingerprint density at radius 1 is 0.657 bits per heavy atom. The number of ether oxygens (including phenoxy) is 3. The van der Waals surface area contributed by atoms with E-state index >= 15 is 0 Å². The summed E-state index contributed by atoms with van der Waals surface area (Å²) >= 11 is 0. The van der Waals surface area contributed by atoms with Crippen molar-refractivity contribution < 1.29 is 14.2 Å². The molecule has 3 aromatic rings. The predicted octanol–water partition coefficient (Wildman–Crippen LogP) is -1.15. The molecule has 0 aliphatic carbocycles. The smallest absolute Gasteiger partial charge is 0.332 e. The summed E-state index contributed by atoms with van der Waals surface area (Å²) in [6.07, 6.45) is 0. The molecule has 0 radical (unpaired) electrons. The molecule has 0 aliphatic rings. The highest BCUT2D eigenvalue weighted by Gasteiger charge is 2.33. The minimum atomic E-state index is -1.21. The summed E-state index contributed by atoms with van der Waals surface area (Å²) < 4.78 is 20.2. The third-order valence-corrected chi connectivity index (χ3v) is 6.09. The van der Waals surface area contributed by atoms with Gasteiger partial charge in [-0.3, -0.25) is 27.9 Å². The van der Waals surface area contributed by atoms with Gasteiger partial charge < -0.3 is 25.7 Å². The van der Waals surface area contributed by atoms with Crippen LogP contribution in [0.15, 0.2) is 31.3 Å². The largest absolute Gasteiger partial charge is 0.493 e. The van der Waals surface area contributed by atoms with Crippen LogP contribution in [-0.2, 0) is 28.2 Å². The molecule has 0 atom stereocenters. The standard InChI is InChI=1S/C22H28N6O7/c1-25-17(23)14(19(29)27(3)21(25)31)13(15-18(24)26(2)22(32)28(4)20(15)30)10-8-11(33-5)16(35-7)12(9-10)34-6/h8-9,13H,23-24H2,1-7H3. The Balaban J connectivity index is 2.64. The topological polar surface area (TPSA) is 168 Å². The number of anilines is 2. The summed E-state index contributed by atoms with van der Waals surface area (Å²) in [5.41, 5.74) is 9.92. The van der Waals surface area contributed by atoms with Gasteiger partial charge >= 0.3 is 11.4 Å². The molecule has 0 spiro atoms. The average molecular weight is 489 g/mol. The molecule has 4 N–H and O–H groups in total. The predicted molar refractivity (Wildman–Crippen MR) is 130 cm³/mol. The zero-order chi connectivity index (χ0) is 26.4. The van der Waals surface area contributed by atoms with Crippen molar-refractivity contribution in [1.82, 2.24) is 18.3 Å². The van der Waals surface area contributed by atoms with Gasteiger partial charge in [-0.25, -0.2) is 9.59 Å². The molecule has 3 rings (SSSR count). The van der Waals surface area contributed by atoms with Gasteiger partial charge in [0.15, 0.2) is 11.5 Å². The highest BCUT2D eigenvalue weighted by molar-refractivity contribution is 5.62. The first-order chi connectivity index (χ1) is 16.4. The monoisotopic (exact) mass is 488 g/mol. The van der Waals surface area contributed by atoms with E-state index in [1.165, 1.54) is 49.5 Å². The number of hydrogen-bond donors (Lipinski definition) is 2. The highest BCUT2D eigenvalue weighted by Crippen LogP contribution is 2.43. The van der Waals surface area contributed by atoms with Crippen molar-refractivity contribution in [2.45, 2.75) is 5.92 Å². The van der Waals surface area contributed by atoms with Crippen molar-refractivity contribution in [2.24, 2.45) is 28.2 Å². The number of aromatic nitrogens is 4.